The Morgan fingerprint density at radius 1 is 1.47 bits per heavy atom. The number of aromatic nitrogens is 1. The van der Waals surface area contributed by atoms with Gasteiger partial charge in [-0.15, -0.1) is 0 Å². The molecule has 1 aromatic heterocycles. The van der Waals surface area contributed by atoms with Gasteiger partial charge >= 0.3 is 0 Å². The number of fused-ring (bicyclic) bond motifs is 1. The van der Waals surface area contributed by atoms with Crippen molar-refractivity contribution in [2.45, 2.75) is 25.3 Å². The second-order valence-electron chi connectivity index (χ2n) is 4.28. The number of rotatable bonds is 6. The SMILES string of the molecule is OCCOCCNC1CCCc2cccnc21. The van der Waals surface area contributed by atoms with Crippen LogP contribution >= 0.6 is 0 Å². The number of nitrogens with zero attached hydrogens (tertiary/aromatic N) is 1. The van der Waals surface area contributed by atoms with E-state index in [9.17, 15) is 0 Å². The van der Waals surface area contributed by atoms with E-state index < -0.39 is 0 Å². The average molecular weight is 236 g/mol. The van der Waals surface area contributed by atoms with Crippen molar-refractivity contribution in [1.82, 2.24) is 10.3 Å². The zero-order chi connectivity index (χ0) is 11.9. The van der Waals surface area contributed by atoms with E-state index in [0.29, 0.717) is 19.3 Å². The summed E-state index contributed by atoms with van der Waals surface area (Å²) in [5.74, 6) is 0. The van der Waals surface area contributed by atoms with Crippen LogP contribution in [0, 0.1) is 0 Å². The Kier molecular flexibility index (Phi) is 4.91. The van der Waals surface area contributed by atoms with Crippen LogP contribution in [-0.2, 0) is 11.2 Å². The second-order valence-corrected chi connectivity index (χ2v) is 4.28. The van der Waals surface area contributed by atoms with Crippen molar-refractivity contribution < 1.29 is 9.84 Å². The largest absolute Gasteiger partial charge is 0.394 e. The number of aliphatic hydroxyl groups excluding tert-OH is 1. The molecule has 0 saturated heterocycles. The molecule has 0 fully saturated rings. The molecule has 94 valence electrons. The monoisotopic (exact) mass is 236 g/mol. The van der Waals surface area contributed by atoms with Crippen molar-refractivity contribution in [3.05, 3.63) is 29.6 Å². The van der Waals surface area contributed by atoms with E-state index in [0.717, 1.165) is 19.4 Å². The number of nitrogens with one attached hydrogen (secondary N) is 1. The lowest BCUT2D eigenvalue weighted by Crippen LogP contribution is -2.29. The molecule has 2 N–H and O–H groups in total. The van der Waals surface area contributed by atoms with Crippen LogP contribution < -0.4 is 5.32 Å². The predicted octanol–water partition coefficient (Wildman–Crippen LogP) is 1.06. The molecular formula is C13H20N2O2. The van der Waals surface area contributed by atoms with E-state index in [2.05, 4.69) is 16.4 Å². The molecule has 1 unspecified atom stereocenters. The Balaban J connectivity index is 1.82. The lowest BCUT2D eigenvalue weighted by molar-refractivity contribution is 0.0921. The van der Waals surface area contributed by atoms with Gasteiger partial charge in [-0.3, -0.25) is 4.98 Å². The summed E-state index contributed by atoms with van der Waals surface area (Å²) in [5, 5.41) is 12.1. The van der Waals surface area contributed by atoms with Crippen molar-refractivity contribution >= 4 is 0 Å². The lowest BCUT2D eigenvalue weighted by atomic mass is 9.92. The molecule has 4 nitrogen and oxygen atoms in total. The van der Waals surface area contributed by atoms with Gasteiger partial charge in [0.15, 0.2) is 0 Å². The maximum Gasteiger partial charge on any atom is 0.0698 e. The van der Waals surface area contributed by atoms with Crippen LogP contribution in [0.3, 0.4) is 0 Å². The first kappa shape index (κ1) is 12.5. The molecule has 0 aromatic carbocycles. The molecule has 2 rings (SSSR count). The topological polar surface area (TPSA) is 54.4 Å². The van der Waals surface area contributed by atoms with Gasteiger partial charge in [0, 0.05) is 18.8 Å². The summed E-state index contributed by atoms with van der Waals surface area (Å²) in [4.78, 5) is 4.47. The summed E-state index contributed by atoms with van der Waals surface area (Å²) in [6, 6.07) is 4.53. The highest BCUT2D eigenvalue weighted by molar-refractivity contribution is 5.25. The van der Waals surface area contributed by atoms with Crippen molar-refractivity contribution in [3.8, 4) is 0 Å². The number of pyridine rings is 1. The van der Waals surface area contributed by atoms with Gasteiger partial charge in [-0.2, -0.15) is 0 Å². The zero-order valence-corrected chi connectivity index (χ0v) is 10.1. The fourth-order valence-electron chi connectivity index (χ4n) is 2.28. The van der Waals surface area contributed by atoms with E-state index in [1.165, 1.54) is 17.7 Å². The minimum atomic E-state index is 0.0911. The fourth-order valence-corrected chi connectivity index (χ4v) is 2.28. The van der Waals surface area contributed by atoms with Gasteiger partial charge in [0.2, 0.25) is 0 Å². The average Bonchev–Trinajstić information content (AvgIpc) is 2.39. The van der Waals surface area contributed by atoms with Gasteiger partial charge in [-0.1, -0.05) is 6.07 Å². The molecule has 1 aromatic rings. The third kappa shape index (κ3) is 3.49. The minimum absolute atomic E-state index is 0.0911. The van der Waals surface area contributed by atoms with Crippen molar-refractivity contribution in [2.75, 3.05) is 26.4 Å². The summed E-state index contributed by atoms with van der Waals surface area (Å²) >= 11 is 0. The Labute approximate surface area is 102 Å². The summed E-state index contributed by atoms with van der Waals surface area (Å²) in [7, 11) is 0. The fraction of sp³-hybridized carbons (Fsp3) is 0.615. The molecule has 1 heterocycles. The highest BCUT2D eigenvalue weighted by Crippen LogP contribution is 2.27. The van der Waals surface area contributed by atoms with Gasteiger partial charge in [0.25, 0.3) is 0 Å². The summed E-state index contributed by atoms with van der Waals surface area (Å²) in [6.45, 7) is 1.95. The Morgan fingerprint density at radius 2 is 2.41 bits per heavy atom. The smallest absolute Gasteiger partial charge is 0.0698 e. The Bertz CT molecular complexity index is 344. The van der Waals surface area contributed by atoms with Crippen molar-refractivity contribution in [3.63, 3.8) is 0 Å². The van der Waals surface area contributed by atoms with Gasteiger partial charge in [0.1, 0.15) is 0 Å². The van der Waals surface area contributed by atoms with Gasteiger partial charge in [-0.25, -0.2) is 0 Å². The standard InChI is InChI=1S/C13H20N2O2/c16-8-10-17-9-7-14-12-5-1-3-11-4-2-6-15-13(11)12/h2,4,6,12,14,16H,1,3,5,7-10H2. The van der Waals surface area contributed by atoms with Gasteiger partial charge < -0.3 is 15.2 Å². The summed E-state index contributed by atoms with van der Waals surface area (Å²) in [5.41, 5.74) is 2.56. The molecule has 1 aliphatic carbocycles. The third-order valence-corrected chi connectivity index (χ3v) is 3.07. The number of hydrogen-bond donors (Lipinski definition) is 2. The van der Waals surface area contributed by atoms with Crippen LogP contribution in [0.1, 0.15) is 30.1 Å². The molecule has 0 bridgehead atoms. The van der Waals surface area contributed by atoms with Crippen LogP contribution in [0.2, 0.25) is 0 Å². The van der Waals surface area contributed by atoms with Crippen LogP contribution in [0.5, 0.6) is 0 Å². The van der Waals surface area contributed by atoms with E-state index in [1.807, 2.05) is 12.3 Å². The first-order valence-corrected chi connectivity index (χ1v) is 6.27. The highest BCUT2D eigenvalue weighted by atomic mass is 16.5. The first-order chi connectivity index (χ1) is 8.42. The lowest BCUT2D eigenvalue weighted by Gasteiger charge is -2.25. The van der Waals surface area contributed by atoms with Gasteiger partial charge in [-0.05, 0) is 30.9 Å². The highest BCUT2D eigenvalue weighted by Gasteiger charge is 2.20. The number of ether oxygens (including phenoxy) is 1. The molecule has 0 spiro atoms. The van der Waals surface area contributed by atoms with Crippen molar-refractivity contribution in [2.24, 2.45) is 0 Å². The molecule has 1 atom stereocenters. The molecule has 4 heteroatoms. The van der Waals surface area contributed by atoms with Crippen LogP contribution in [0.15, 0.2) is 18.3 Å². The first-order valence-electron chi connectivity index (χ1n) is 6.27. The maximum atomic E-state index is 8.59. The van der Waals surface area contributed by atoms with E-state index in [1.54, 1.807) is 0 Å². The molecule has 0 aliphatic heterocycles. The van der Waals surface area contributed by atoms with Gasteiger partial charge in [0.05, 0.1) is 25.5 Å². The molecule has 0 amide bonds. The molecule has 17 heavy (non-hydrogen) atoms. The second kappa shape index (κ2) is 6.69. The number of hydrogen-bond acceptors (Lipinski definition) is 4. The normalized spacial score (nSPS) is 19.0. The summed E-state index contributed by atoms with van der Waals surface area (Å²) < 4.78 is 5.23. The molecule has 0 saturated carbocycles. The van der Waals surface area contributed by atoms with Crippen LogP contribution in [0.4, 0.5) is 0 Å². The van der Waals surface area contributed by atoms with Crippen LogP contribution in [0.25, 0.3) is 0 Å². The number of aliphatic hydroxyl groups is 1. The van der Waals surface area contributed by atoms with E-state index in [-0.39, 0.29) is 6.61 Å². The Morgan fingerprint density at radius 3 is 3.29 bits per heavy atom. The van der Waals surface area contributed by atoms with Crippen LogP contribution in [-0.4, -0.2) is 36.5 Å². The van der Waals surface area contributed by atoms with E-state index in [4.69, 9.17) is 9.84 Å². The minimum Gasteiger partial charge on any atom is -0.394 e. The molecular weight excluding hydrogens is 216 g/mol. The van der Waals surface area contributed by atoms with E-state index >= 15 is 0 Å². The summed E-state index contributed by atoms with van der Waals surface area (Å²) in [6.07, 6.45) is 5.36. The van der Waals surface area contributed by atoms with Crippen molar-refractivity contribution in [1.29, 1.82) is 0 Å². The maximum absolute atomic E-state index is 8.59. The number of aryl methyl sites for hydroxylation is 1. The predicted molar refractivity (Wildman–Crippen MR) is 65.8 cm³/mol. The third-order valence-electron chi connectivity index (χ3n) is 3.07. The zero-order valence-electron chi connectivity index (χ0n) is 10.1. The Hall–Kier alpha value is -0.970. The molecule has 0 radical (unpaired) electrons. The molecule has 1 aliphatic rings. The quantitative estimate of drug-likeness (QED) is 0.725.